The van der Waals surface area contributed by atoms with Crippen molar-refractivity contribution in [2.24, 2.45) is 0 Å². The number of likely N-dealkylation sites (N-methyl/N-ethyl adjacent to an activating group) is 1. The maximum atomic E-state index is 13.6. The quantitative estimate of drug-likeness (QED) is 0.160. The first-order valence-electron chi connectivity index (χ1n) is 15.3. The summed E-state index contributed by atoms with van der Waals surface area (Å²) < 4.78 is 13.4. The third-order valence-corrected chi connectivity index (χ3v) is 8.32. The van der Waals surface area contributed by atoms with E-state index in [1.807, 2.05) is 54.6 Å². The predicted octanol–water partition coefficient (Wildman–Crippen LogP) is 7.14. The zero-order valence-electron chi connectivity index (χ0n) is 25.6. The molecule has 5 aromatic rings. The van der Waals surface area contributed by atoms with Crippen LogP contribution in [0, 0.1) is 5.82 Å². The van der Waals surface area contributed by atoms with Crippen molar-refractivity contribution in [3.8, 4) is 0 Å². The number of carbonyl (C=O) groups excluding carboxylic acids is 2. The minimum absolute atomic E-state index is 0. The van der Waals surface area contributed by atoms with Gasteiger partial charge in [0.2, 0.25) is 5.91 Å². The lowest BCUT2D eigenvalue weighted by Crippen LogP contribution is -2.41. The smallest absolute Gasteiger partial charge is 0.252 e. The molecule has 1 atom stereocenters. The van der Waals surface area contributed by atoms with E-state index in [1.54, 1.807) is 31.3 Å². The Hall–Kier alpha value is -4.79. The van der Waals surface area contributed by atoms with E-state index in [0.717, 1.165) is 53.9 Å². The van der Waals surface area contributed by atoms with Crippen molar-refractivity contribution < 1.29 is 14.0 Å². The number of piperidine rings is 1. The van der Waals surface area contributed by atoms with Crippen molar-refractivity contribution in [2.75, 3.05) is 25.5 Å². The number of amides is 2. The van der Waals surface area contributed by atoms with Gasteiger partial charge in [0.1, 0.15) is 17.7 Å². The Labute approximate surface area is 274 Å². The summed E-state index contributed by atoms with van der Waals surface area (Å²) in [5.41, 5.74) is 5.01. The van der Waals surface area contributed by atoms with Gasteiger partial charge >= 0.3 is 0 Å². The van der Waals surface area contributed by atoms with Crippen molar-refractivity contribution >= 4 is 46.6 Å². The zero-order valence-corrected chi connectivity index (χ0v) is 26.4. The molecule has 1 aliphatic rings. The largest absolute Gasteiger partial charge is 0.340 e. The van der Waals surface area contributed by atoms with Crippen LogP contribution >= 0.6 is 12.4 Å². The highest BCUT2D eigenvalue weighted by molar-refractivity contribution is 6.00. The third kappa shape index (κ3) is 7.70. The van der Waals surface area contributed by atoms with Crippen LogP contribution in [0.3, 0.4) is 0 Å². The highest BCUT2D eigenvalue weighted by Crippen LogP contribution is 2.32. The normalized spacial score (nSPS) is 13.8. The van der Waals surface area contributed by atoms with Crippen LogP contribution in [-0.2, 0) is 11.3 Å². The van der Waals surface area contributed by atoms with Gasteiger partial charge in [-0.05, 0) is 97.1 Å². The number of aromatic nitrogens is 1. The van der Waals surface area contributed by atoms with Gasteiger partial charge in [0, 0.05) is 30.2 Å². The average molecular weight is 638 g/mol. The number of benzene rings is 4. The number of rotatable bonds is 9. The van der Waals surface area contributed by atoms with E-state index in [1.165, 1.54) is 22.6 Å². The van der Waals surface area contributed by atoms with Crippen molar-refractivity contribution in [1.82, 2.24) is 20.5 Å². The molecule has 3 N–H and O–H groups in total. The molecule has 9 heteroatoms. The number of anilines is 2. The fourth-order valence-electron chi connectivity index (χ4n) is 5.88. The minimum Gasteiger partial charge on any atom is -0.340 e. The van der Waals surface area contributed by atoms with Crippen molar-refractivity contribution in [2.45, 2.75) is 31.3 Å². The standard InChI is InChI=1S/C37H36FN5O2.ClH/c1-43(24-25-11-15-30(38)16-12-25)37(45)35(27-7-3-2-4-8-27)42-36(44)29-13-17-32-28(23-29)14-18-34(40-32)41-33-10-6-5-9-31(33)26-19-21-39-22-20-26;/h2-18,23,26,35,39H,19-22,24H2,1H3,(H,40,41)(H,42,44);1H. The van der Waals surface area contributed by atoms with E-state index < -0.39 is 6.04 Å². The number of para-hydroxylation sites is 1. The average Bonchev–Trinajstić information content (AvgIpc) is 3.08. The van der Waals surface area contributed by atoms with Gasteiger partial charge in [-0.2, -0.15) is 0 Å². The second kappa shape index (κ2) is 15.0. The number of nitrogens with zero attached hydrogens (tertiary/aromatic N) is 2. The van der Waals surface area contributed by atoms with Crippen LogP contribution in [0.15, 0.2) is 109 Å². The predicted molar refractivity (Wildman–Crippen MR) is 183 cm³/mol. The molecule has 1 unspecified atom stereocenters. The first kappa shape index (κ1) is 32.6. The Balaban J connectivity index is 0.00000417. The SMILES string of the molecule is CN(Cc1ccc(F)cc1)C(=O)C(NC(=O)c1ccc2nc(Nc3ccccc3C3CCNCC3)ccc2c1)c1ccccc1.Cl. The summed E-state index contributed by atoms with van der Waals surface area (Å²) in [5, 5.41) is 10.7. The number of nitrogens with one attached hydrogen (secondary N) is 3. The number of hydrogen-bond acceptors (Lipinski definition) is 5. The first-order chi connectivity index (χ1) is 21.9. The number of hydrogen-bond donors (Lipinski definition) is 3. The lowest BCUT2D eigenvalue weighted by molar-refractivity contribution is -0.132. The Morgan fingerprint density at radius 3 is 2.39 bits per heavy atom. The van der Waals surface area contributed by atoms with Gasteiger partial charge in [0.15, 0.2) is 0 Å². The highest BCUT2D eigenvalue weighted by atomic mass is 35.5. The second-order valence-corrected chi connectivity index (χ2v) is 11.5. The van der Waals surface area contributed by atoms with Gasteiger partial charge in [-0.25, -0.2) is 9.37 Å². The maximum absolute atomic E-state index is 13.6. The van der Waals surface area contributed by atoms with E-state index in [2.05, 4.69) is 34.1 Å². The number of fused-ring (bicyclic) bond motifs is 1. The Morgan fingerprint density at radius 1 is 0.913 bits per heavy atom. The fourth-order valence-corrected chi connectivity index (χ4v) is 5.88. The van der Waals surface area contributed by atoms with E-state index in [9.17, 15) is 14.0 Å². The fraction of sp³-hybridized carbons (Fsp3) is 0.216. The van der Waals surface area contributed by atoms with Crippen LogP contribution in [0.4, 0.5) is 15.9 Å². The molecule has 2 amide bonds. The van der Waals surface area contributed by atoms with Crippen molar-refractivity contribution in [1.29, 1.82) is 0 Å². The van der Waals surface area contributed by atoms with Gasteiger partial charge in [-0.1, -0.05) is 60.7 Å². The van der Waals surface area contributed by atoms with Crippen LogP contribution in [0.1, 0.15) is 51.8 Å². The molecule has 7 nitrogen and oxygen atoms in total. The minimum atomic E-state index is -0.899. The van der Waals surface area contributed by atoms with Crippen LogP contribution in [-0.4, -0.2) is 41.8 Å². The molecule has 2 heterocycles. The Bertz CT molecular complexity index is 1800. The summed E-state index contributed by atoms with van der Waals surface area (Å²) in [6, 6.07) is 31.9. The molecule has 6 rings (SSSR count). The molecule has 0 radical (unpaired) electrons. The molecule has 1 aromatic heterocycles. The monoisotopic (exact) mass is 637 g/mol. The Kier molecular flexibility index (Phi) is 10.6. The number of halogens is 2. The van der Waals surface area contributed by atoms with Gasteiger partial charge in [-0.15, -0.1) is 12.4 Å². The molecule has 4 aromatic carbocycles. The molecular weight excluding hydrogens is 601 g/mol. The van der Waals surface area contributed by atoms with Crippen LogP contribution < -0.4 is 16.0 Å². The lowest BCUT2D eigenvalue weighted by atomic mass is 9.89. The topological polar surface area (TPSA) is 86.4 Å². The first-order valence-corrected chi connectivity index (χ1v) is 15.3. The summed E-state index contributed by atoms with van der Waals surface area (Å²) in [6.07, 6.45) is 2.21. The number of pyridine rings is 1. The molecule has 236 valence electrons. The molecule has 0 aliphatic carbocycles. The van der Waals surface area contributed by atoms with E-state index in [-0.39, 0.29) is 36.6 Å². The second-order valence-electron chi connectivity index (χ2n) is 11.5. The molecular formula is C37H37ClFN5O2. The van der Waals surface area contributed by atoms with E-state index in [4.69, 9.17) is 4.98 Å². The van der Waals surface area contributed by atoms with Crippen LogP contribution in [0.5, 0.6) is 0 Å². The van der Waals surface area contributed by atoms with Crippen molar-refractivity contribution in [3.63, 3.8) is 0 Å². The van der Waals surface area contributed by atoms with Gasteiger partial charge in [-0.3, -0.25) is 9.59 Å². The molecule has 0 bridgehead atoms. The summed E-state index contributed by atoms with van der Waals surface area (Å²) >= 11 is 0. The Morgan fingerprint density at radius 2 is 1.63 bits per heavy atom. The summed E-state index contributed by atoms with van der Waals surface area (Å²) in [4.78, 5) is 33.5. The van der Waals surface area contributed by atoms with Gasteiger partial charge < -0.3 is 20.9 Å². The highest BCUT2D eigenvalue weighted by Gasteiger charge is 2.26. The summed E-state index contributed by atoms with van der Waals surface area (Å²) in [5.74, 6) is 0.262. The van der Waals surface area contributed by atoms with E-state index >= 15 is 0 Å². The molecule has 0 saturated carbocycles. The van der Waals surface area contributed by atoms with Crippen LogP contribution in [0.2, 0.25) is 0 Å². The lowest BCUT2D eigenvalue weighted by Gasteiger charge is -2.25. The van der Waals surface area contributed by atoms with Gasteiger partial charge in [0.25, 0.3) is 5.91 Å². The van der Waals surface area contributed by atoms with Crippen LogP contribution in [0.25, 0.3) is 10.9 Å². The summed E-state index contributed by atoms with van der Waals surface area (Å²) in [6.45, 7) is 2.32. The van der Waals surface area contributed by atoms with Crippen molar-refractivity contribution in [3.05, 3.63) is 137 Å². The van der Waals surface area contributed by atoms with E-state index in [0.29, 0.717) is 17.0 Å². The molecule has 1 saturated heterocycles. The molecule has 1 aliphatic heterocycles. The summed E-state index contributed by atoms with van der Waals surface area (Å²) in [7, 11) is 1.67. The van der Waals surface area contributed by atoms with Gasteiger partial charge in [0.05, 0.1) is 5.52 Å². The number of carbonyl (C=O) groups is 2. The zero-order chi connectivity index (χ0) is 31.2. The molecule has 0 spiro atoms. The molecule has 1 fully saturated rings. The maximum Gasteiger partial charge on any atom is 0.252 e. The molecule has 46 heavy (non-hydrogen) atoms. The third-order valence-electron chi connectivity index (χ3n) is 8.32.